The molecule has 0 saturated heterocycles. The highest BCUT2D eigenvalue weighted by Crippen LogP contribution is 2.26. The fraction of sp³-hybridized carbons (Fsp3) is 0.130. The first-order valence-electron chi connectivity index (χ1n) is 9.32. The second kappa shape index (κ2) is 11.7. The molecule has 8 heteroatoms. The number of nitrogens with one attached hydrogen (secondary N) is 1. The molecule has 31 heavy (non-hydrogen) atoms. The van der Waals surface area contributed by atoms with Crippen LogP contribution in [0, 0.1) is 0 Å². The molecule has 0 amide bonds. The van der Waals surface area contributed by atoms with Crippen LogP contribution in [0.2, 0.25) is 0 Å². The predicted octanol–water partition coefficient (Wildman–Crippen LogP) is 3.06. The molecule has 6 N–H and O–H groups in total. The zero-order valence-corrected chi connectivity index (χ0v) is 18.0. The van der Waals surface area contributed by atoms with Gasteiger partial charge in [-0.3, -0.25) is 0 Å². The number of allylic oxidation sites excluding steroid dienone is 3. The van der Waals surface area contributed by atoms with E-state index >= 15 is 0 Å². The number of methoxy groups -OCH3 is 1. The van der Waals surface area contributed by atoms with Crippen LogP contribution in [0.3, 0.4) is 0 Å². The Labute approximate surface area is 186 Å². The molecule has 2 aromatic carbocycles. The van der Waals surface area contributed by atoms with Crippen LogP contribution >= 0.6 is 12.2 Å². The molecule has 7 nitrogen and oxygen atoms in total. The van der Waals surface area contributed by atoms with Crippen molar-refractivity contribution in [3.63, 3.8) is 0 Å². The van der Waals surface area contributed by atoms with Crippen LogP contribution in [-0.4, -0.2) is 38.3 Å². The van der Waals surface area contributed by atoms with Gasteiger partial charge in [-0.1, -0.05) is 35.5 Å². The average Bonchev–Trinajstić information content (AvgIpc) is 2.78. The Kier molecular flexibility index (Phi) is 8.95. The van der Waals surface area contributed by atoms with E-state index in [1.165, 1.54) is 23.4 Å². The maximum absolute atomic E-state index is 9.74. The molecule has 0 aliphatic rings. The molecule has 0 spiro atoms. The van der Waals surface area contributed by atoms with Gasteiger partial charge in [-0.05, 0) is 59.3 Å². The number of nitrogens with two attached hydrogens (primary N) is 1. The molecule has 0 unspecified atom stereocenters. The van der Waals surface area contributed by atoms with Crippen molar-refractivity contribution in [2.75, 3.05) is 7.11 Å². The summed E-state index contributed by atoms with van der Waals surface area (Å²) in [5.41, 5.74) is 7.50. The van der Waals surface area contributed by atoms with Crippen molar-refractivity contribution < 1.29 is 24.7 Å². The van der Waals surface area contributed by atoms with E-state index in [-0.39, 0.29) is 18.1 Å². The van der Waals surface area contributed by atoms with Crippen LogP contribution in [-0.2, 0) is 6.61 Å². The lowest BCUT2D eigenvalue weighted by Crippen LogP contribution is -2.37. The molecule has 162 valence electrons. The number of hydrazone groups is 1. The van der Waals surface area contributed by atoms with E-state index in [9.17, 15) is 15.3 Å². The summed E-state index contributed by atoms with van der Waals surface area (Å²) in [5, 5.41) is 28.7. The Morgan fingerprint density at radius 1 is 1.13 bits per heavy atom. The summed E-state index contributed by atoms with van der Waals surface area (Å²) in [5.74, 6) is 6.06. The minimum absolute atomic E-state index is 0.0516. The fourth-order valence-electron chi connectivity index (χ4n) is 2.74. The molecule has 0 bridgehead atoms. The standard InChI is InChI=1S/C23H25N3O4S/c1-16(3-4-17-6-9-21(28)19(12-17)14-27)11-20(26(15-31)25-24)8-5-18-7-10-22(29)23(13-18)30-2/h3-10,12-13,15,25,27-28H,1,11,14,24H2,2H3/p+1/b4-3+. The molecule has 0 atom stereocenters. The van der Waals surface area contributed by atoms with Crippen molar-refractivity contribution in [3.8, 4) is 17.2 Å². The molecule has 0 heterocycles. The van der Waals surface area contributed by atoms with Gasteiger partial charge in [-0.2, -0.15) is 0 Å². The molecule has 2 aromatic rings. The van der Waals surface area contributed by atoms with E-state index < -0.39 is 0 Å². The third-order valence-electron chi connectivity index (χ3n) is 4.42. The van der Waals surface area contributed by atoms with E-state index in [1.807, 2.05) is 24.3 Å². The molecular weight excluding hydrogens is 414 g/mol. The Morgan fingerprint density at radius 3 is 2.39 bits per heavy atom. The van der Waals surface area contributed by atoms with E-state index in [0.29, 0.717) is 17.7 Å². The maximum atomic E-state index is 9.74. The summed E-state index contributed by atoms with van der Waals surface area (Å²) in [7, 11) is 1.49. The molecule has 2 rings (SSSR count). The second-order valence-electron chi connectivity index (χ2n) is 6.58. The van der Waals surface area contributed by atoms with Crippen molar-refractivity contribution >= 4 is 35.6 Å². The van der Waals surface area contributed by atoms with E-state index in [0.717, 1.165) is 22.4 Å². The smallest absolute Gasteiger partial charge is 0.266 e. The molecular formula is C23H26N3O4S+. The van der Waals surface area contributed by atoms with Crippen molar-refractivity contribution in [2.24, 2.45) is 5.84 Å². The highest BCUT2D eigenvalue weighted by molar-refractivity contribution is 7.78. The predicted molar refractivity (Wildman–Crippen MR) is 127 cm³/mol. The van der Waals surface area contributed by atoms with Crippen LogP contribution in [0.5, 0.6) is 17.2 Å². The number of thiocarbonyl (C=S) groups is 1. The van der Waals surface area contributed by atoms with Gasteiger partial charge < -0.3 is 20.1 Å². The second-order valence-corrected chi connectivity index (χ2v) is 6.79. The van der Waals surface area contributed by atoms with Gasteiger partial charge in [-0.25, -0.2) is 5.84 Å². The van der Waals surface area contributed by atoms with Gasteiger partial charge in [0, 0.05) is 11.6 Å². The van der Waals surface area contributed by atoms with Crippen molar-refractivity contribution in [2.45, 2.75) is 13.0 Å². The number of hydrogen-bond donors (Lipinski definition) is 5. The lowest BCUT2D eigenvalue weighted by Gasteiger charge is -2.05. The lowest BCUT2D eigenvalue weighted by molar-refractivity contribution is -0.467. The monoisotopic (exact) mass is 440 g/mol. The summed E-state index contributed by atoms with van der Waals surface area (Å²) in [6.45, 7) is 3.83. The van der Waals surface area contributed by atoms with Crippen LogP contribution < -0.4 is 16.1 Å². The Hall–Kier alpha value is -3.46. The van der Waals surface area contributed by atoms with Crippen molar-refractivity contribution in [1.29, 1.82) is 0 Å². The number of aliphatic hydroxyl groups is 1. The number of aliphatic hydroxyl groups excluding tert-OH is 1. The molecule has 0 saturated carbocycles. The van der Waals surface area contributed by atoms with Crippen LogP contribution in [0.25, 0.3) is 12.2 Å². The number of benzene rings is 2. The number of rotatable bonds is 10. The third kappa shape index (κ3) is 6.78. The van der Waals surface area contributed by atoms with Gasteiger partial charge in [0.1, 0.15) is 5.75 Å². The van der Waals surface area contributed by atoms with Gasteiger partial charge in [0.15, 0.2) is 11.5 Å². The zero-order valence-electron chi connectivity index (χ0n) is 17.2. The van der Waals surface area contributed by atoms with Crippen molar-refractivity contribution in [3.05, 3.63) is 77.4 Å². The first-order chi connectivity index (χ1) is 14.9. The highest BCUT2D eigenvalue weighted by Gasteiger charge is 2.11. The fourth-order valence-corrected chi connectivity index (χ4v) is 2.93. The first-order valence-corrected chi connectivity index (χ1v) is 9.79. The molecule has 0 radical (unpaired) electrons. The number of ether oxygens (including phenoxy) is 1. The van der Waals surface area contributed by atoms with Gasteiger partial charge >= 0.3 is 0 Å². The number of nitrogens with zero attached hydrogens (tertiary/aromatic N) is 1. The van der Waals surface area contributed by atoms with Gasteiger partial charge in [0.05, 0.1) is 20.1 Å². The third-order valence-corrected chi connectivity index (χ3v) is 4.63. The number of phenols is 2. The molecule has 0 fully saturated rings. The van der Waals surface area contributed by atoms with Crippen LogP contribution in [0.1, 0.15) is 23.1 Å². The number of aromatic hydroxyl groups is 2. The quantitative estimate of drug-likeness (QED) is 0.0964. The van der Waals surface area contributed by atoms with Gasteiger partial charge in [0.25, 0.3) is 5.49 Å². The Bertz CT molecular complexity index is 1050. The van der Waals surface area contributed by atoms with E-state index in [2.05, 4.69) is 12.1 Å². The SMILES string of the molecule is C=C(/C=C/c1ccc(O)c(CO)c1)CC(/C=C/c1ccc(O)c(OC)c1)=[N+](/C=S)NN. The van der Waals surface area contributed by atoms with E-state index in [1.54, 1.807) is 30.3 Å². The number of phenolic OH excluding ortho intramolecular Hbond substituents is 1. The number of hydrogen-bond acceptors (Lipinski definition) is 7. The zero-order chi connectivity index (χ0) is 22.8. The van der Waals surface area contributed by atoms with Gasteiger partial charge in [0.2, 0.25) is 5.71 Å². The molecule has 0 aliphatic heterocycles. The largest absolute Gasteiger partial charge is 0.508 e. The minimum atomic E-state index is -0.245. The minimum Gasteiger partial charge on any atom is -0.508 e. The average molecular weight is 441 g/mol. The Balaban J connectivity index is 2.22. The molecule has 0 aliphatic carbocycles. The van der Waals surface area contributed by atoms with Crippen LogP contribution in [0.15, 0.2) is 60.7 Å². The van der Waals surface area contributed by atoms with Crippen LogP contribution in [0.4, 0.5) is 0 Å². The molecule has 0 aromatic heterocycles. The normalized spacial score (nSPS) is 12.1. The van der Waals surface area contributed by atoms with Gasteiger partial charge in [-0.15, -0.1) is 5.53 Å². The summed E-state index contributed by atoms with van der Waals surface area (Å²) >= 11 is 5.03. The summed E-state index contributed by atoms with van der Waals surface area (Å²) < 4.78 is 6.63. The first kappa shape index (κ1) is 23.8. The Morgan fingerprint density at radius 2 is 1.77 bits per heavy atom. The topological polar surface area (TPSA) is 111 Å². The number of hydrazine groups is 2. The van der Waals surface area contributed by atoms with E-state index in [4.69, 9.17) is 22.8 Å². The highest BCUT2D eigenvalue weighted by atomic mass is 32.1. The summed E-state index contributed by atoms with van der Waals surface area (Å²) in [4.78, 5) is 0. The lowest BCUT2D eigenvalue weighted by atomic mass is 10.1. The van der Waals surface area contributed by atoms with Crippen molar-refractivity contribution in [1.82, 2.24) is 5.53 Å². The summed E-state index contributed by atoms with van der Waals surface area (Å²) in [6, 6.07) is 9.99. The maximum Gasteiger partial charge on any atom is 0.266 e. The summed E-state index contributed by atoms with van der Waals surface area (Å²) in [6.07, 6.45) is 7.78.